The molecule has 0 bridgehead atoms. The molecule has 3 rings (SSSR count). The second kappa shape index (κ2) is 4.78. The van der Waals surface area contributed by atoms with Crippen LogP contribution in [-0.4, -0.2) is 38.8 Å². The Hall–Kier alpha value is -0.870. The zero-order valence-electron chi connectivity index (χ0n) is 10.3. The van der Waals surface area contributed by atoms with Gasteiger partial charge in [-0.3, -0.25) is 4.90 Å². The highest BCUT2D eigenvalue weighted by Crippen LogP contribution is 2.26. The molecule has 2 unspecified atom stereocenters. The number of hydrogen-bond acceptors (Lipinski definition) is 3. The number of nitrogens with zero attached hydrogens (tertiary/aromatic N) is 3. The highest BCUT2D eigenvalue weighted by molar-refractivity contribution is 4.96. The number of aliphatic hydroxyl groups excluding tert-OH is 1. The second-order valence-corrected chi connectivity index (χ2v) is 5.38. The molecule has 2 atom stereocenters. The molecular weight excluding hydrogens is 214 g/mol. The molecule has 0 amide bonds. The summed E-state index contributed by atoms with van der Waals surface area (Å²) in [6, 6.07) is 0. The normalized spacial score (nSPS) is 30.2. The van der Waals surface area contributed by atoms with Gasteiger partial charge in [0.15, 0.2) is 0 Å². The van der Waals surface area contributed by atoms with Crippen molar-refractivity contribution < 1.29 is 5.11 Å². The number of imidazole rings is 1. The highest BCUT2D eigenvalue weighted by atomic mass is 16.3. The third kappa shape index (κ3) is 2.38. The van der Waals surface area contributed by atoms with Crippen LogP contribution in [0.25, 0.3) is 0 Å². The van der Waals surface area contributed by atoms with Crippen LogP contribution in [0.2, 0.25) is 0 Å². The van der Waals surface area contributed by atoms with Crippen LogP contribution in [0, 0.1) is 5.92 Å². The standard InChI is InChI=1S/C13H21N3O/c17-12-4-2-1-3-11(12)9-15-7-8-16-6-5-14-13(16)10-15/h5-6,11-12,17H,1-4,7-10H2. The van der Waals surface area contributed by atoms with Crippen molar-refractivity contribution in [3.05, 3.63) is 18.2 Å². The molecule has 4 nitrogen and oxygen atoms in total. The Bertz CT molecular complexity index is 376. The number of fused-ring (bicyclic) bond motifs is 1. The summed E-state index contributed by atoms with van der Waals surface area (Å²) in [7, 11) is 0. The molecule has 1 aliphatic carbocycles. The maximum atomic E-state index is 10.0. The fraction of sp³-hybridized carbons (Fsp3) is 0.769. The predicted molar refractivity (Wildman–Crippen MR) is 65.5 cm³/mol. The van der Waals surface area contributed by atoms with Crippen LogP contribution >= 0.6 is 0 Å². The van der Waals surface area contributed by atoms with Crippen LogP contribution in [0.1, 0.15) is 31.5 Å². The molecule has 0 radical (unpaired) electrons. The van der Waals surface area contributed by atoms with Gasteiger partial charge in [0.25, 0.3) is 0 Å². The van der Waals surface area contributed by atoms with E-state index in [1.165, 1.54) is 25.1 Å². The predicted octanol–water partition coefficient (Wildman–Crippen LogP) is 1.25. The fourth-order valence-corrected chi connectivity index (χ4v) is 3.11. The van der Waals surface area contributed by atoms with Gasteiger partial charge < -0.3 is 9.67 Å². The third-order valence-corrected chi connectivity index (χ3v) is 4.19. The molecule has 94 valence electrons. The summed E-state index contributed by atoms with van der Waals surface area (Å²) in [5, 5.41) is 10.0. The maximum absolute atomic E-state index is 10.0. The molecule has 0 aromatic carbocycles. The van der Waals surface area contributed by atoms with Crippen molar-refractivity contribution in [3.8, 4) is 0 Å². The van der Waals surface area contributed by atoms with E-state index < -0.39 is 0 Å². The zero-order valence-corrected chi connectivity index (χ0v) is 10.3. The van der Waals surface area contributed by atoms with E-state index in [0.29, 0.717) is 5.92 Å². The van der Waals surface area contributed by atoms with E-state index in [4.69, 9.17) is 0 Å². The van der Waals surface area contributed by atoms with Gasteiger partial charge in [-0.05, 0) is 18.8 Å². The van der Waals surface area contributed by atoms with E-state index in [-0.39, 0.29) is 6.10 Å². The van der Waals surface area contributed by atoms with Crippen LogP contribution in [0.15, 0.2) is 12.4 Å². The Balaban J connectivity index is 1.60. The summed E-state index contributed by atoms with van der Waals surface area (Å²) < 4.78 is 2.23. The lowest BCUT2D eigenvalue weighted by molar-refractivity contribution is 0.0401. The first-order valence-electron chi connectivity index (χ1n) is 6.73. The SMILES string of the molecule is OC1CCCCC1CN1CCn2ccnc2C1. The van der Waals surface area contributed by atoms with Gasteiger partial charge in [0, 0.05) is 32.0 Å². The van der Waals surface area contributed by atoms with E-state index in [2.05, 4.69) is 20.6 Å². The number of hydrogen-bond donors (Lipinski definition) is 1. The van der Waals surface area contributed by atoms with Gasteiger partial charge in [0.05, 0.1) is 12.6 Å². The van der Waals surface area contributed by atoms with Gasteiger partial charge in [-0.25, -0.2) is 4.98 Å². The Morgan fingerprint density at radius 2 is 2.18 bits per heavy atom. The minimum absolute atomic E-state index is 0.0783. The molecule has 1 aromatic rings. The van der Waals surface area contributed by atoms with E-state index in [1.807, 2.05) is 6.20 Å². The van der Waals surface area contributed by atoms with E-state index in [1.54, 1.807) is 0 Å². The average Bonchev–Trinajstić information content (AvgIpc) is 2.79. The molecule has 1 fully saturated rings. The first kappa shape index (κ1) is 11.2. The van der Waals surface area contributed by atoms with Gasteiger partial charge in [0.1, 0.15) is 5.82 Å². The summed E-state index contributed by atoms with van der Waals surface area (Å²) >= 11 is 0. The van der Waals surface area contributed by atoms with E-state index in [0.717, 1.165) is 32.6 Å². The number of rotatable bonds is 2. The molecule has 17 heavy (non-hydrogen) atoms. The topological polar surface area (TPSA) is 41.3 Å². The monoisotopic (exact) mass is 235 g/mol. The Kier molecular flexibility index (Phi) is 3.16. The smallest absolute Gasteiger partial charge is 0.122 e. The van der Waals surface area contributed by atoms with Crippen molar-refractivity contribution >= 4 is 0 Å². The molecular formula is C13H21N3O. The van der Waals surface area contributed by atoms with Crippen molar-refractivity contribution in [2.45, 2.75) is 44.9 Å². The maximum Gasteiger partial charge on any atom is 0.122 e. The Labute approximate surface area is 102 Å². The molecule has 1 aliphatic heterocycles. The van der Waals surface area contributed by atoms with Gasteiger partial charge in [-0.1, -0.05) is 12.8 Å². The average molecular weight is 235 g/mol. The molecule has 4 heteroatoms. The van der Waals surface area contributed by atoms with Crippen molar-refractivity contribution in [3.63, 3.8) is 0 Å². The van der Waals surface area contributed by atoms with Crippen molar-refractivity contribution in [1.82, 2.24) is 14.5 Å². The van der Waals surface area contributed by atoms with E-state index >= 15 is 0 Å². The lowest BCUT2D eigenvalue weighted by atomic mass is 9.86. The first-order valence-corrected chi connectivity index (χ1v) is 6.73. The Morgan fingerprint density at radius 3 is 3.06 bits per heavy atom. The molecule has 1 aromatic heterocycles. The molecule has 0 spiro atoms. The lowest BCUT2D eigenvalue weighted by Gasteiger charge is -2.34. The van der Waals surface area contributed by atoms with Crippen LogP contribution in [0.4, 0.5) is 0 Å². The number of aliphatic hydroxyl groups is 1. The summed E-state index contributed by atoms with van der Waals surface area (Å²) in [5.41, 5.74) is 0. The summed E-state index contributed by atoms with van der Waals surface area (Å²) in [6.45, 7) is 4.11. The zero-order chi connectivity index (χ0) is 11.7. The van der Waals surface area contributed by atoms with Gasteiger partial charge in [0.2, 0.25) is 0 Å². The van der Waals surface area contributed by atoms with Crippen LogP contribution in [0.5, 0.6) is 0 Å². The fourth-order valence-electron chi connectivity index (χ4n) is 3.11. The molecule has 2 aliphatic rings. The third-order valence-electron chi connectivity index (χ3n) is 4.19. The van der Waals surface area contributed by atoms with Gasteiger partial charge in [-0.15, -0.1) is 0 Å². The molecule has 1 saturated carbocycles. The van der Waals surface area contributed by atoms with Crippen LogP contribution in [-0.2, 0) is 13.1 Å². The summed E-state index contributed by atoms with van der Waals surface area (Å²) in [4.78, 5) is 6.82. The number of aromatic nitrogens is 2. The Morgan fingerprint density at radius 1 is 1.29 bits per heavy atom. The highest BCUT2D eigenvalue weighted by Gasteiger charge is 2.26. The lowest BCUT2D eigenvalue weighted by Crippen LogP contribution is -2.41. The minimum atomic E-state index is -0.0783. The quantitative estimate of drug-likeness (QED) is 0.839. The molecule has 0 saturated heterocycles. The van der Waals surface area contributed by atoms with E-state index in [9.17, 15) is 5.11 Å². The van der Waals surface area contributed by atoms with Gasteiger partial charge >= 0.3 is 0 Å². The summed E-state index contributed by atoms with van der Waals surface area (Å²) in [5.74, 6) is 1.65. The summed E-state index contributed by atoms with van der Waals surface area (Å²) in [6.07, 6.45) is 8.52. The van der Waals surface area contributed by atoms with Crippen LogP contribution < -0.4 is 0 Å². The van der Waals surface area contributed by atoms with Crippen molar-refractivity contribution in [1.29, 1.82) is 0 Å². The van der Waals surface area contributed by atoms with Crippen LogP contribution in [0.3, 0.4) is 0 Å². The molecule has 2 heterocycles. The second-order valence-electron chi connectivity index (χ2n) is 5.38. The van der Waals surface area contributed by atoms with Crippen molar-refractivity contribution in [2.24, 2.45) is 5.92 Å². The molecule has 1 N–H and O–H groups in total. The van der Waals surface area contributed by atoms with Gasteiger partial charge in [-0.2, -0.15) is 0 Å². The first-order chi connectivity index (χ1) is 8.33. The minimum Gasteiger partial charge on any atom is -0.393 e. The van der Waals surface area contributed by atoms with Crippen molar-refractivity contribution in [2.75, 3.05) is 13.1 Å². The largest absolute Gasteiger partial charge is 0.393 e.